The third-order valence-corrected chi connectivity index (χ3v) is 5.69. The summed E-state index contributed by atoms with van der Waals surface area (Å²) in [6, 6.07) is 9.43. The monoisotopic (exact) mass is 445 g/mol. The molecule has 2 aromatic carbocycles. The van der Waals surface area contributed by atoms with Crippen molar-refractivity contribution in [2.24, 2.45) is 0 Å². The van der Waals surface area contributed by atoms with Gasteiger partial charge >= 0.3 is 0 Å². The van der Waals surface area contributed by atoms with E-state index in [4.69, 9.17) is 16.0 Å². The van der Waals surface area contributed by atoms with Crippen molar-refractivity contribution in [1.29, 1.82) is 0 Å². The van der Waals surface area contributed by atoms with Gasteiger partial charge in [-0.05, 0) is 36.8 Å². The minimum atomic E-state index is -0.716. The summed E-state index contributed by atoms with van der Waals surface area (Å²) in [5.41, 5.74) is 1.99. The minimum Gasteiger partial charge on any atom is -0.441 e. The number of aromatic nitrogens is 1. The highest BCUT2D eigenvalue weighted by Crippen LogP contribution is 2.27. The number of hydrogen-bond acceptors (Lipinski definition) is 4. The molecule has 0 atom stereocenters. The van der Waals surface area contributed by atoms with E-state index in [0.717, 1.165) is 36.5 Å². The molecular weight excluding hydrogens is 424 g/mol. The lowest BCUT2D eigenvalue weighted by Gasteiger charge is -2.37. The normalized spacial score (nSPS) is 14.2. The number of piperazine rings is 1. The standard InChI is InChI=1S/C23H22ClF2N3O2/c1-15-5-6-16(24)13-19(15)28-9-11-29(12-10-28)22(30)8-7-21-27-14-20(31-21)23-17(25)3-2-4-18(23)26/h2-6,13-14H,7-12H2,1H3. The quantitative estimate of drug-likeness (QED) is 0.562. The number of aryl methyl sites for hydroxylation is 2. The third kappa shape index (κ3) is 4.71. The Morgan fingerprint density at radius 3 is 2.55 bits per heavy atom. The Bertz CT molecular complexity index is 1070. The van der Waals surface area contributed by atoms with Gasteiger partial charge in [0.25, 0.3) is 0 Å². The number of carbonyl (C=O) groups excluding carboxylic acids is 1. The van der Waals surface area contributed by atoms with E-state index in [1.165, 1.54) is 12.3 Å². The van der Waals surface area contributed by atoms with E-state index in [0.29, 0.717) is 18.1 Å². The molecule has 1 aliphatic heterocycles. The van der Waals surface area contributed by atoms with Crippen LogP contribution in [0.2, 0.25) is 5.02 Å². The van der Waals surface area contributed by atoms with Crippen molar-refractivity contribution in [1.82, 2.24) is 9.88 Å². The number of hydrogen-bond donors (Lipinski definition) is 0. The smallest absolute Gasteiger partial charge is 0.223 e. The molecule has 0 bridgehead atoms. The summed E-state index contributed by atoms with van der Waals surface area (Å²) in [6.45, 7) is 4.72. The summed E-state index contributed by atoms with van der Waals surface area (Å²) < 4.78 is 33.3. The van der Waals surface area contributed by atoms with E-state index in [-0.39, 0.29) is 36.0 Å². The van der Waals surface area contributed by atoms with Crippen LogP contribution in [0.15, 0.2) is 47.0 Å². The lowest BCUT2D eigenvalue weighted by atomic mass is 10.1. The second kappa shape index (κ2) is 9.06. The Kier molecular flexibility index (Phi) is 6.23. The molecule has 0 saturated carbocycles. The number of anilines is 1. The van der Waals surface area contributed by atoms with Gasteiger partial charge in [0.2, 0.25) is 5.91 Å². The molecule has 0 radical (unpaired) electrons. The molecule has 3 aromatic rings. The fourth-order valence-corrected chi connectivity index (χ4v) is 3.93. The van der Waals surface area contributed by atoms with Crippen LogP contribution >= 0.6 is 11.6 Å². The maximum absolute atomic E-state index is 13.9. The van der Waals surface area contributed by atoms with Gasteiger partial charge in [0.15, 0.2) is 11.7 Å². The van der Waals surface area contributed by atoms with Crippen LogP contribution in [0.25, 0.3) is 11.3 Å². The summed E-state index contributed by atoms with van der Waals surface area (Å²) in [6.07, 6.45) is 1.77. The fourth-order valence-electron chi connectivity index (χ4n) is 3.77. The Hall–Kier alpha value is -2.93. The molecule has 162 valence electrons. The van der Waals surface area contributed by atoms with Gasteiger partial charge in [-0.1, -0.05) is 23.7 Å². The van der Waals surface area contributed by atoms with Crippen molar-refractivity contribution < 1.29 is 18.0 Å². The van der Waals surface area contributed by atoms with Gasteiger partial charge in [0, 0.05) is 49.7 Å². The molecule has 5 nitrogen and oxygen atoms in total. The molecule has 0 aliphatic carbocycles. The van der Waals surface area contributed by atoms with E-state index in [1.54, 1.807) is 0 Å². The maximum Gasteiger partial charge on any atom is 0.223 e. The van der Waals surface area contributed by atoms with Gasteiger partial charge in [-0.2, -0.15) is 0 Å². The molecule has 0 N–H and O–H groups in total. The summed E-state index contributed by atoms with van der Waals surface area (Å²) in [7, 11) is 0. The highest BCUT2D eigenvalue weighted by Gasteiger charge is 2.23. The van der Waals surface area contributed by atoms with Gasteiger partial charge in [-0.3, -0.25) is 4.79 Å². The Morgan fingerprint density at radius 1 is 1.13 bits per heavy atom. The number of nitrogens with zero attached hydrogens (tertiary/aromatic N) is 3. The SMILES string of the molecule is Cc1ccc(Cl)cc1N1CCN(C(=O)CCc2ncc(-c3c(F)cccc3F)o2)CC1. The molecule has 2 heterocycles. The molecular formula is C23H22ClF2N3O2. The summed E-state index contributed by atoms with van der Waals surface area (Å²) in [5.74, 6) is -1.14. The molecule has 8 heteroatoms. The van der Waals surface area contributed by atoms with Gasteiger partial charge in [-0.25, -0.2) is 13.8 Å². The van der Waals surface area contributed by atoms with Crippen molar-refractivity contribution in [3.8, 4) is 11.3 Å². The first-order valence-electron chi connectivity index (χ1n) is 10.1. The van der Waals surface area contributed by atoms with Crippen LogP contribution in [0, 0.1) is 18.6 Å². The van der Waals surface area contributed by atoms with Gasteiger partial charge < -0.3 is 14.2 Å². The Balaban J connectivity index is 1.32. The lowest BCUT2D eigenvalue weighted by molar-refractivity contribution is -0.131. The van der Waals surface area contributed by atoms with E-state index < -0.39 is 11.6 Å². The fraction of sp³-hybridized carbons (Fsp3) is 0.304. The summed E-state index contributed by atoms with van der Waals surface area (Å²) in [5, 5.41) is 0.694. The average molecular weight is 446 g/mol. The van der Waals surface area contributed by atoms with Crippen molar-refractivity contribution in [2.45, 2.75) is 19.8 Å². The molecule has 1 amide bonds. The molecule has 0 unspecified atom stereocenters. The van der Waals surface area contributed by atoms with Crippen LogP contribution < -0.4 is 4.90 Å². The first-order chi connectivity index (χ1) is 14.9. The van der Waals surface area contributed by atoms with Gasteiger partial charge in [0.1, 0.15) is 11.6 Å². The molecule has 1 fully saturated rings. The maximum atomic E-state index is 13.9. The van der Waals surface area contributed by atoms with Crippen molar-refractivity contribution >= 4 is 23.2 Å². The van der Waals surface area contributed by atoms with E-state index in [1.807, 2.05) is 30.0 Å². The number of halogens is 3. The average Bonchev–Trinajstić information content (AvgIpc) is 3.22. The van der Waals surface area contributed by atoms with E-state index in [9.17, 15) is 13.6 Å². The van der Waals surface area contributed by atoms with Gasteiger partial charge in [-0.15, -0.1) is 0 Å². The minimum absolute atomic E-state index is 0.000659. The lowest BCUT2D eigenvalue weighted by Crippen LogP contribution is -2.49. The highest BCUT2D eigenvalue weighted by atomic mass is 35.5. The van der Waals surface area contributed by atoms with Crippen LogP contribution in [0.5, 0.6) is 0 Å². The van der Waals surface area contributed by atoms with Crippen molar-refractivity contribution in [2.75, 3.05) is 31.1 Å². The number of carbonyl (C=O) groups is 1. The molecule has 4 rings (SSSR count). The van der Waals surface area contributed by atoms with E-state index >= 15 is 0 Å². The summed E-state index contributed by atoms with van der Waals surface area (Å²) in [4.78, 5) is 20.7. The zero-order chi connectivity index (χ0) is 22.0. The number of rotatable bonds is 5. The van der Waals surface area contributed by atoms with Gasteiger partial charge in [0.05, 0.1) is 11.8 Å². The van der Waals surface area contributed by atoms with Crippen LogP contribution in [-0.2, 0) is 11.2 Å². The van der Waals surface area contributed by atoms with Crippen molar-refractivity contribution in [3.05, 3.63) is 70.7 Å². The number of benzene rings is 2. The first-order valence-corrected chi connectivity index (χ1v) is 10.5. The second-order valence-electron chi connectivity index (χ2n) is 7.51. The Morgan fingerprint density at radius 2 is 1.84 bits per heavy atom. The van der Waals surface area contributed by atoms with E-state index in [2.05, 4.69) is 9.88 Å². The Labute approximate surface area is 184 Å². The molecule has 1 aromatic heterocycles. The largest absolute Gasteiger partial charge is 0.441 e. The second-order valence-corrected chi connectivity index (χ2v) is 7.95. The topological polar surface area (TPSA) is 49.6 Å². The third-order valence-electron chi connectivity index (χ3n) is 5.46. The van der Waals surface area contributed by atoms with Crippen LogP contribution in [0.3, 0.4) is 0 Å². The zero-order valence-electron chi connectivity index (χ0n) is 17.1. The molecule has 0 spiro atoms. The summed E-state index contributed by atoms with van der Waals surface area (Å²) >= 11 is 6.13. The van der Waals surface area contributed by atoms with Crippen molar-refractivity contribution in [3.63, 3.8) is 0 Å². The van der Waals surface area contributed by atoms with Crippen LogP contribution in [-0.4, -0.2) is 42.0 Å². The zero-order valence-corrected chi connectivity index (χ0v) is 17.8. The van der Waals surface area contributed by atoms with Crippen LogP contribution in [0.1, 0.15) is 17.9 Å². The molecule has 1 saturated heterocycles. The number of oxazole rings is 1. The predicted octanol–water partition coefficient (Wildman–Crippen LogP) is 4.86. The highest BCUT2D eigenvalue weighted by molar-refractivity contribution is 6.30. The molecule has 31 heavy (non-hydrogen) atoms. The number of amides is 1. The van der Waals surface area contributed by atoms with Crippen LogP contribution in [0.4, 0.5) is 14.5 Å². The molecule has 1 aliphatic rings. The first kappa shape index (κ1) is 21.3. The predicted molar refractivity (Wildman–Crippen MR) is 115 cm³/mol.